The molecular formula is C16H13BrFNO2. The molecule has 0 aromatic heterocycles. The van der Waals surface area contributed by atoms with Crippen molar-refractivity contribution in [3.63, 3.8) is 0 Å². The number of hydroxylamine groups is 1. The molecule has 21 heavy (non-hydrogen) atoms. The van der Waals surface area contributed by atoms with Gasteiger partial charge < -0.3 is 5.11 Å². The second-order valence-electron chi connectivity index (χ2n) is 4.95. The van der Waals surface area contributed by atoms with Crippen LogP contribution >= 0.6 is 15.9 Å². The van der Waals surface area contributed by atoms with Crippen LogP contribution in [-0.4, -0.2) is 10.9 Å². The summed E-state index contributed by atoms with van der Waals surface area (Å²) in [5, 5.41) is 10.4. The van der Waals surface area contributed by atoms with E-state index in [-0.39, 0.29) is 5.82 Å². The second-order valence-corrected chi connectivity index (χ2v) is 5.87. The number of aliphatic hydroxyl groups is 1. The van der Waals surface area contributed by atoms with Crippen LogP contribution in [0.25, 0.3) is 11.3 Å². The van der Waals surface area contributed by atoms with Crippen molar-refractivity contribution in [2.24, 2.45) is 0 Å². The van der Waals surface area contributed by atoms with Crippen LogP contribution in [0.3, 0.4) is 0 Å². The zero-order valence-corrected chi connectivity index (χ0v) is 12.8. The van der Waals surface area contributed by atoms with Gasteiger partial charge in [-0.25, -0.2) is 9.23 Å². The van der Waals surface area contributed by atoms with Crippen molar-refractivity contribution < 1.29 is 14.3 Å². The molecule has 0 radical (unpaired) electrons. The van der Waals surface area contributed by atoms with Crippen LogP contribution in [0.15, 0.2) is 53.0 Å². The maximum Gasteiger partial charge on any atom is 0.217 e. The molecule has 1 aliphatic heterocycles. The summed E-state index contributed by atoms with van der Waals surface area (Å²) in [5.74, 6) is -1.89. The number of nitrogens with one attached hydrogen (secondary N) is 1. The van der Waals surface area contributed by atoms with Gasteiger partial charge in [0, 0.05) is 15.6 Å². The molecule has 0 saturated heterocycles. The molecule has 0 saturated carbocycles. The van der Waals surface area contributed by atoms with Gasteiger partial charge in [-0.1, -0.05) is 40.2 Å². The summed E-state index contributed by atoms with van der Waals surface area (Å²) in [6.07, 6.45) is 0. The van der Waals surface area contributed by atoms with Crippen molar-refractivity contribution in [2.75, 3.05) is 0 Å². The van der Waals surface area contributed by atoms with Gasteiger partial charge >= 0.3 is 0 Å². The molecule has 1 heterocycles. The summed E-state index contributed by atoms with van der Waals surface area (Å²) >= 11 is 3.38. The number of benzene rings is 2. The smallest absolute Gasteiger partial charge is 0.217 e. The standard InChI is InChI=1S/C16H13BrFNO2/c1-16(20)14(11-3-2-4-13(18)9-11)15(19-21-16)10-5-7-12(17)8-6-10/h2-9,19-20H,1H3. The van der Waals surface area contributed by atoms with E-state index >= 15 is 0 Å². The molecule has 0 aliphatic carbocycles. The van der Waals surface area contributed by atoms with Crippen molar-refractivity contribution >= 4 is 27.2 Å². The van der Waals surface area contributed by atoms with Crippen LogP contribution in [0.2, 0.25) is 0 Å². The maximum atomic E-state index is 13.5. The Balaban J connectivity index is 2.18. The SMILES string of the molecule is CC1(O)ONC(c2ccc(Br)cc2)=C1c1cccc(F)c1. The van der Waals surface area contributed by atoms with Gasteiger partial charge in [-0.15, -0.1) is 0 Å². The zero-order valence-electron chi connectivity index (χ0n) is 11.2. The molecule has 1 aliphatic rings. The summed E-state index contributed by atoms with van der Waals surface area (Å²) in [4.78, 5) is 5.24. The molecule has 0 fully saturated rings. The van der Waals surface area contributed by atoms with Crippen molar-refractivity contribution in [1.82, 2.24) is 5.48 Å². The van der Waals surface area contributed by atoms with Crippen LogP contribution in [0.4, 0.5) is 4.39 Å². The van der Waals surface area contributed by atoms with Crippen molar-refractivity contribution in [1.29, 1.82) is 0 Å². The average Bonchev–Trinajstić information content (AvgIpc) is 2.75. The van der Waals surface area contributed by atoms with Crippen LogP contribution in [-0.2, 0) is 4.84 Å². The van der Waals surface area contributed by atoms with Crippen molar-refractivity contribution in [3.8, 4) is 0 Å². The minimum atomic E-state index is -1.53. The summed E-state index contributed by atoms with van der Waals surface area (Å²) in [7, 11) is 0. The van der Waals surface area contributed by atoms with Crippen LogP contribution in [0.1, 0.15) is 18.1 Å². The van der Waals surface area contributed by atoms with Gasteiger partial charge in [-0.3, -0.25) is 5.48 Å². The lowest BCUT2D eigenvalue weighted by atomic mass is 9.94. The normalized spacial score (nSPS) is 21.5. The lowest BCUT2D eigenvalue weighted by Gasteiger charge is -2.18. The van der Waals surface area contributed by atoms with Gasteiger partial charge in [-0.05, 0) is 36.8 Å². The molecule has 0 bridgehead atoms. The minimum absolute atomic E-state index is 0.363. The first kappa shape index (κ1) is 14.3. The number of halogens is 2. The average molecular weight is 350 g/mol. The van der Waals surface area contributed by atoms with Crippen LogP contribution < -0.4 is 5.48 Å². The molecule has 0 amide bonds. The number of rotatable bonds is 2. The predicted molar refractivity (Wildman–Crippen MR) is 82.2 cm³/mol. The lowest BCUT2D eigenvalue weighted by Crippen LogP contribution is -2.27. The minimum Gasteiger partial charge on any atom is -0.360 e. The van der Waals surface area contributed by atoms with Gasteiger partial charge in [0.25, 0.3) is 0 Å². The predicted octanol–water partition coefficient (Wildman–Crippen LogP) is 3.70. The highest BCUT2D eigenvalue weighted by Gasteiger charge is 2.38. The van der Waals surface area contributed by atoms with Gasteiger partial charge in [-0.2, -0.15) is 0 Å². The molecule has 108 valence electrons. The van der Waals surface area contributed by atoms with E-state index < -0.39 is 5.79 Å². The van der Waals surface area contributed by atoms with E-state index in [1.54, 1.807) is 12.1 Å². The van der Waals surface area contributed by atoms with E-state index in [4.69, 9.17) is 4.84 Å². The van der Waals surface area contributed by atoms with Crippen molar-refractivity contribution in [3.05, 3.63) is 69.9 Å². The Kier molecular flexibility index (Phi) is 3.57. The summed E-state index contributed by atoms with van der Waals surface area (Å²) in [6.45, 7) is 1.52. The Morgan fingerprint density at radius 1 is 1.14 bits per heavy atom. The third-order valence-corrected chi connectivity index (χ3v) is 3.84. The highest BCUT2D eigenvalue weighted by molar-refractivity contribution is 9.10. The number of hydrogen-bond donors (Lipinski definition) is 2. The quantitative estimate of drug-likeness (QED) is 0.868. The first-order valence-corrected chi connectivity index (χ1v) is 7.20. The molecule has 2 aromatic rings. The Hall–Kier alpha value is -1.69. The molecule has 3 rings (SSSR count). The molecular weight excluding hydrogens is 337 g/mol. The van der Waals surface area contributed by atoms with Crippen LogP contribution in [0, 0.1) is 5.82 Å². The highest BCUT2D eigenvalue weighted by atomic mass is 79.9. The molecule has 2 aromatic carbocycles. The first-order valence-electron chi connectivity index (χ1n) is 6.40. The molecule has 2 N–H and O–H groups in total. The third kappa shape index (κ3) is 2.72. The van der Waals surface area contributed by atoms with E-state index in [2.05, 4.69) is 21.4 Å². The van der Waals surface area contributed by atoms with E-state index in [1.165, 1.54) is 19.1 Å². The monoisotopic (exact) mass is 349 g/mol. The van der Waals surface area contributed by atoms with E-state index in [0.717, 1.165) is 10.0 Å². The largest absolute Gasteiger partial charge is 0.360 e. The molecule has 1 unspecified atom stereocenters. The summed E-state index contributed by atoms with van der Waals surface area (Å²) < 4.78 is 14.4. The van der Waals surface area contributed by atoms with E-state index in [0.29, 0.717) is 16.8 Å². The zero-order chi connectivity index (χ0) is 15.0. The highest BCUT2D eigenvalue weighted by Crippen LogP contribution is 2.39. The molecule has 5 heteroatoms. The topological polar surface area (TPSA) is 41.5 Å². The third-order valence-electron chi connectivity index (χ3n) is 3.31. The van der Waals surface area contributed by atoms with Gasteiger partial charge in [0.05, 0.1) is 5.70 Å². The summed E-state index contributed by atoms with van der Waals surface area (Å²) in [5.41, 5.74) is 5.28. The second kappa shape index (κ2) is 5.26. The number of hydrogen-bond acceptors (Lipinski definition) is 3. The molecule has 1 atom stereocenters. The Labute approximate surface area is 130 Å². The van der Waals surface area contributed by atoms with E-state index in [9.17, 15) is 9.50 Å². The fourth-order valence-electron chi connectivity index (χ4n) is 2.36. The van der Waals surface area contributed by atoms with Gasteiger partial charge in [0.15, 0.2) is 0 Å². The lowest BCUT2D eigenvalue weighted by molar-refractivity contribution is -0.160. The summed E-state index contributed by atoms with van der Waals surface area (Å²) in [6, 6.07) is 13.6. The van der Waals surface area contributed by atoms with Crippen LogP contribution in [0.5, 0.6) is 0 Å². The van der Waals surface area contributed by atoms with E-state index in [1.807, 2.05) is 24.3 Å². The van der Waals surface area contributed by atoms with Gasteiger partial charge in [0.1, 0.15) is 5.82 Å². The Bertz CT molecular complexity index is 710. The first-order chi connectivity index (χ1) is 9.97. The Morgan fingerprint density at radius 2 is 1.86 bits per heavy atom. The maximum absolute atomic E-state index is 13.5. The van der Waals surface area contributed by atoms with Crippen molar-refractivity contribution in [2.45, 2.75) is 12.7 Å². The fraction of sp³-hybridized carbons (Fsp3) is 0.125. The fourth-order valence-corrected chi connectivity index (χ4v) is 2.62. The Morgan fingerprint density at radius 3 is 2.52 bits per heavy atom. The van der Waals surface area contributed by atoms with Gasteiger partial charge in [0.2, 0.25) is 5.79 Å². The molecule has 3 nitrogen and oxygen atoms in total. The molecule has 0 spiro atoms.